The van der Waals surface area contributed by atoms with Gasteiger partial charge in [-0.05, 0) is 35.9 Å². The molecule has 0 atom stereocenters. The highest BCUT2D eigenvalue weighted by Gasteiger charge is 2.06. The second kappa shape index (κ2) is 5.02. The molecule has 0 saturated carbocycles. The molecule has 3 rings (SSSR count). The minimum atomic E-state index is -0.908. The number of fused-ring (bicyclic) bond motifs is 1. The molecular formula is C16H12ClNO2. The minimum absolute atomic E-state index is 0.300. The molecule has 1 aromatic heterocycles. The molecule has 0 aliphatic heterocycles. The van der Waals surface area contributed by atoms with Gasteiger partial charge in [0.25, 0.3) is 0 Å². The molecule has 0 fully saturated rings. The van der Waals surface area contributed by atoms with Crippen molar-refractivity contribution in [1.82, 2.24) is 4.57 Å². The summed E-state index contributed by atoms with van der Waals surface area (Å²) in [6.45, 7) is 0.684. The van der Waals surface area contributed by atoms with Crippen molar-refractivity contribution in [2.75, 3.05) is 0 Å². The molecule has 0 unspecified atom stereocenters. The summed E-state index contributed by atoms with van der Waals surface area (Å²) in [7, 11) is 0. The molecule has 0 aliphatic rings. The van der Waals surface area contributed by atoms with E-state index in [1.165, 1.54) is 0 Å². The molecule has 1 N–H and O–H groups in total. The van der Waals surface area contributed by atoms with Crippen LogP contribution in [0.2, 0.25) is 5.02 Å². The summed E-state index contributed by atoms with van der Waals surface area (Å²) in [5.74, 6) is -0.908. The van der Waals surface area contributed by atoms with Gasteiger partial charge in [-0.15, -0.1) is 0 Å². The van der Waals surface area contributed by atoms with Crippen LogP contribution < -0.4 is 0 Å². The van der Waals surface area contributed by atoms with Gasteiger partial charge in [0.15, 0.2) is 0 Å². The summed E-state index contributed by atoms with van der Waals surface area (Å²) in [5.41, 5.74) is 2.42. The zero-order valence-electron chi connectivity index (χ0n) is 10.6. The second-order valence-corrected chi connectivity index (χ2v) is 5.03. The maximum absolute atomic E-state index is 10.8. The normalized spacial score (nSPS) is 10.8. The monoisotopic (exact) mass is 285 g/mol. The van der Waals surface area contributed by atoms with E-state index in [0.29, 0.717) is 12.1 Å². The summed E-state index contributed by atoms with van der Waals surface area (Å²) in [6.07, 6.45) is 1.99. The third kappa shape index (κ3) is 2.28. The summed E-state index contributed by atoms with van der Waals surface area (Å²) < 4.78 is 2.09. The van der Waals surface area contributed by atoms with Gasteiger partial charge in [-0.25, -0.2) is 4.79 Å². The molecule has 0 spiro atoms. The van der Waals surface area contributed by atoms with Gasteiger partial charge in [-0.1, -0.05) is 29.8 Å². The highest BCUT2D eigenvalue weighted by molar-refractivity contribution is 6.35. The quantitative estimate of drug-likeness (QED) is 0.789. The van der Waals surface area contributed by atoms with Crippen molar-refractivity contribution in [3.05, 3.63) is 70.9 Å². The Labute approximate surface area is 121 Å². The van der Waals surface area contributed by atoms with Crippen LogP contribution in [0.3, 0.4) is 0 Å². The van der Waals surface area contributed by atoms with E-state index in [4.69, 9.17) is 16.7 Å². The largest absolute Gasteiger partial charge is 0.478 e. The van der Waals surface area contributed by atoms with Crippen LogP contribution in [-0.4, -0.2) is 15.6 Å². The lowest BCUT2D eigenvalue weighted by Gasteiger charge is -2.06. The van der Waals surface area contributed by atoms with Gasteiger partial charge in [0.1, 0.15) is 0 Å². The maximum Gasteiger partial charge on any atom is 0.335 e. The van der Waals surface area contributed by atoms with Gasteiger partial charge in [-0.3, -0.25) is 0 Å². The van der Waals surface area contributed by atoms with Crippen LogP contribution in [0.4, 0.5) is 0 Å². The molecule has 0 amide bonds. The van der Waals surface area contributed by atoms with Gasteiger partial charge >= 0.3 is 5.97 Å². The number of hydrogen-bond acceptors (Lipinski definition) is 1. The second-order valence-electron chi connectivity index (χ2n) is 4.62. The van der Waals surface area contributed by atoms with Crippen molar-refractivity contribution in [2.45, 2.75) is 6.54 Å². The van der Waals surface area contributed by atoms with Gasteiger partial charge in [0.2, 0.25) is 0 Å². The van der Waals surface area contributed by atoms with Gasteiger partial charge in [0, 0.05) is 28.7 Å². The number of hydrogen-bond donors (Lipinski definition) is 1. The van der Waals surface area contributed by atoms with Crippen molar-refractivity contribution in [1.29, 1.82) is 0 Å². The first-order valence-electron chi connectivity index (χ1n) is 6.21. The van der Waals surface area contributed by atoms with E-state index in [1.54, 1.807) is 12.1 Å². The number of aromatic nitrogens is 1. The summed E-state index contributed by atoms with van der Waals surface area (Å²) in [4.78, 5) is 10.8. The molecular weight excluding hydrogens is 274 g/mol. The summed E-state index contributed by atoms with van der Waals surface area (Å²) >= 11 is 6.15. The third-order valence-corrected chi connectivity index (χ3v) is 3.64. The van der Waals surface area contributed by atoms with Gasteiger partial charge in [0.05, 0.1) is 5.56 Å². The molecule has 20 heavy (non-hydrogen) atoms. The van der Waals surface area contributed by atoms with Crippen molar-refractivity contribution in [3.8, 4) is 0 Å². The van der Waals surface area contributed by atoms with Crippen LogP contribution >= 0.6 is 11.6 Å². The van der Waals surface area contributed by atoms with Crippen molar-refractivity contribution < 1.29 is 9.90 Å². The fourth-order valence-electron chi connectivity index (χ4n) is 2.27. The fraction of sp³-hybridized carbons (Fsp3) is 0.0625. The Hall–Kier alpha value is -2.26. The Bertz CT molecular complexity index is 775. The first-order chi connectivity index (χ1) is 9.65. The molecule has 4 heteroatoms. The lowest BCUT2D eigenvalue weighted by Crippen LogP contribution is -2.00. The number of carbonyl (C=O) groups is 1. The van der Waals surface area contributed by atoms with Crippen LogP contribution in [0.5, 0.6) is 0 Å². The number of rotatable bonds is 3. The Kier molecular flexibility index (Phi) is 3.20. The minimum Gasteiger partial charge on any atom is -0.478 e. The zero-order valence-corrected chi connectivity index (χ0v) is 11.3. The highest BCUT2D eigenvalue weighted by atomic mass is 35.5. The lowest BCUT2D eigenvalue weighted by atomic mass is 10.1. The number of aromatic carboxylic acids is 1. The fourth-order valence-corrected chi connectivity index (χ4v) is 2.51. The SMILES string of the molecule is O=C(O)c1ccc(Cn2ccc3c(Cl)cccc32)cc1. The molecule has 0 radical (unpaired) electrons. The van der Waals surface area contributed by atoms with Crippen LogP contribution in [0.1, 0.15) is 15.9 Å². The Morgan fingerprint density at radius 3 is 2.55 bits per heavy atom. The molecule has 100 valence electrons. The van der Waals surface area contributed by atoms with E-state index < -0.39 is 5.97 Å². The van der Waals surface area contributed by atoms with Crippen LogP contribution in [-0.2, 0) is 6.54 Å². The predicted octanol–water partition coefficient (Wildman–Crippen LogP) is 4.04. The smallest absolute Gasteiger partial charge is 0.335 e. The van der Waals surface area contributed by atoms with E-state index in [9.17, 15) is 4.79 Å². The number of carboxylic acids is 1. The number of halogens is 1. The Balaban J connectivity index is 1.93. The summed E-state index contributed by atoms with van der Waals surface area (Å²) in [6, 6.07) is 14.7. The average molecular weight is 286 g/mol. The van der Waals surface area contributed by atoms with Gasteiger partial charge in [-0.2, -0.15) is 0 Å². The van der Waals surface area contributed by atoms with E-state index in [-0.39, 0.29) is 0 Å². The number of nitrogens with zero attached hydrogens (tertiary/aromatic N) is 1. The molecule has 1 heterocycles. The van der Waals surface area contributed by atoms with Gasteiger partial charge < -0.3 is 9.67 Å². The average Bonchev–Trinajstić information content (AvgIpc) is 2.84. The van der Waals surface area contributed by atoms with Crippen LogP contribution in [0.15, 0.2) is 54.7 Å². The van der Waals surface area contributed by atoms with Crippen molar-refractivity contribution in [2.24, 2.45) is 0 Å². The maximum atomic E-state index is 10.8. The first kappa shape index (κ1) is 12.8. The van der Waals surface area contributed by atoms with Crippen LogP contribution in [0.25, 0.3) is 10.9 Å². The lowest BCUT2D eigenvalue weighted by molar-refractivity contribution is 0.0697. The van der Waals surface area contributed by atoms with Crippen molar-refractivity contribution in [3.63, 3.8) is 0 Å². The molecule has 2 aromatic carbocycles. The number of benzene rings is 2. The standard InChI is InChI=1S/C16H12ClNO2/c17-14-2-1-3-15-13(14)8-9-18(15)10-11-4-6-12(7-5-11)16(19)20/h1-9H,10H2,(H,19,20). The van der Waals surface area contributed by atoms with E-state index in [2.05, 4.69) is 4.57 Å². The van der Waals surface area contributed by atoms with E-state index >= 15 is 0 Å². The highest BCUT2D eigenvalue weighted by Crippen LogP contribution is 2.24. The molecule has 0 aliphatic carbocycles. The van der Waals surface area contributed by atoms with Crippen LogP contribution in [0, 0.1) is 0 Å². The number of carboxylic acid groups (broad SMARTS) is 1. The van der Waals surface area contributed by atoms with Crippen molar-refractivity contribution >= 4 is 28.5 Å². The third-order valence-electron chi connectivity index (χ3n) is 3.31. The first-order valence-corrected chi connectivity index (χ1v) is 6.58. The Morgan fingerprint density at radius 2 is 1.85 bits per heavy atom. The Morgan fingerprint density at radius 1 is 1.10 bits per heavy atom. The zero-order chi connectivity index (χ0) is 14.1. The topological polar surface area (TPSA) is 42.2 Å². The molecule has 0 bridgehead atoms. The van der Waals surface area contributed by atoms with E-state index in [1.807, 2.05) is 42.6 Å². The molecule has 3 nitrogen and oxygen atoms in total. The van der Waals surface area contributed by atoms with E-state index in [0.717, 1.165) is 21.5 Å². The molecule has 3 aromatic rings. The molecule has 0 saturated heterocycles. The predicted molar refractivity (Wildman–Crippen MR) is 79.5 cm³/mol. The summed E-state index contributed by atoms with van der Waals surface area (Å²) in [5, 5.41) is 10.6.